The van der Waals surface area contributed by atoms with Crippen LogP contribution in [-0.4, -0.2) is 11.3 Å². The van der Waals surface area contributed by atoms with E-state index < -0.39 is 0 Å². The van der Waals surface area contributed by atoms with Gasteiger partial charge in [-0.15, -0.1) is 0 Å². The first kappa shape index (κ1) is 11.5. The molecule has 0 aliphatic heterocycles. The van der Waals surface area contributed by atoms with Gasteiger partial charge in [-0.25, -0.2) is 0 Å². The Bertz CT molecular complexity index is 269. The lowest BCUT2D eigenvalue weighted by Gasteiger charge is -2.26. The highest BCUT2D eigenvalue weighted by molar-refractivity contribution is 7.66. The second kappa shape index (κ2) is 4.79. The lowest BCUT2D eigenvalue weighted by atomic mass is 10.3. The molecule has 2 N–H and O–H groups in total. The quantitative estimate of drug-likeness (QED) is 0.600. The van der Waals surface area contributed by atoms with Gasteiger partial charge in [0.2, 0.25) is 0 Å². The third-order valence-electron chi connectivity index (χ3n) is 2.30. The van der Waals surface area contributed by atoms with Gasteiger partial charge in [0.1, 0.15) is 0 Å². The summed E-state index contributed by atoms with van der Waals surface area (Å²) in [5, 5.41) is 1.47. The maximum absolute atomic E-state index is 5.69. The minimum Gasteiger partial charge on any atom is -0.399 e. The SMILES string of the molecule is CC(C)P(c1ccc(N)cc1)C(C)C. The Morgan fingerprint density at radius 2 is 1.36 bits per heavy atom. The smallest absolute Gasteiger partial charge is 0.0314 e. The van der Waals surface area contributed by atoms with Crippen LogP contribution in [0.5, 0.6) is 0 Å². The van der Waals surface area contributed by atoms with Gasteiger partial charge in [-0.3, -0.25) is 0 Å². The van der Waals surface area contributed by atoms with Crippen LogP contribution in [0.4, 0.5) is 5.69 Å². The molecule has 2 heteroatoms. The monoisotopic (exact) mass is 209 g/mol. The van der Waals surface area contributed by atoms with E-state index in [4.69, 9.17) is 5.73 Å². The maximum Gasteiger partial charge on any atom is 0.0314 e. The Labute approximate surface area is 88.5 Å². The summed E-state index contributed by atoms with van der Waals surface area (Å²) in [5.74, 6) is 0. The van der Waals surface area contributed by atoms with Crippen molar-refractivity contribution in [2.24, 2.45) is 0 Å². The van der Waals surface area contributed by atoms with Gasteiger partial charge in [0.25, 0.3) is 0 Å². The van der Waals surface area contributed by atoms with Crippen LogP contribution in [-0.2, 0) is 0 Å². The van der Waals surface area contributed by atoms with Crippen LogP contribution in [0, 0.1) is 0 Å². The number of rotatable bonds is 3. The Balaban J connectivity index is 2.94. The van der Waals surface area contributed by atoms with Crippen LogP contribution in [0.25, 0.3) is 0 Å². The number of nitrogens with two attached hydrogens (primary N) is 1. The minimum absolute atomic E-state index is 0.0417. The van der Waals surface area contributed by atoms with Gasteiger partial charge in [-0.05, 0) is 28.8 Å². The molecule has 0 heterocycles. The van der Waals surface area contributed by atoms with Crippen molar-refractivity contribution in [1.29, 1.82) is 0 Å². The molecule has 0 spiro atoms. The van der Waals surface area contributed by atoms with Crippen molar-refractivity contribution in [3.05, 3.63) is 24.3 Å². The summed E-state index contributed by atoms with van der Waals surface area (Å²) in [7, 11) is -0.0417. The molecule has 0 amide bonds. The lowest BCUT2D eigenvalue weighted by molar-refractivity contribution is 1.02. The average Bonchev–Trinajstić information content (AvgIpc) is 2.07. The zero-order valence-corrected chi connectivity index (χ0v) is 10.4. The molecule has 0 saturated heterocycles. The maximum atomic E-state index is 5.69. The molecule has 0 atom stereocenters. The van der Waals surface area contributed by atoms with E-state index in [0.29, 0.717) is 0 Å². The lowest BCUT2D eigenvalue weighted by Crippen LogP contribution is -2.14. The molecule has 0 radical (unpaired) electrons. The Kier molecular flexibility index (Phi) is 3.95. The van der Waals surface area contributed by atoms with E-state index in [0.717, 1.165) is 17.0 Å². The predicted molar refractivity (Wildman–Crippen MR) is 67.7 cm³/mol. The molecule has 78 valence electrons. The Hall–Kier alpha value is -0.550. The van der Waals surface area contributed by atoms with Crippen molar-refractivity contribution in [3.63, 3.8) is 0 Å². The number of nitrogen functional groups attached to an aromatic ring is 1. The highest BCUT2D eigenvalue weighted by Gasteiger charge is 2.18. The molecule has 0 fully saturated rings. The molecular formula is C12H20NP. The van der Waals surface area contributed by atoms with Crippen LogP contribution in [0.1, 0.15) is 27.7 Å². The molecule has 1 rings (SSSR count). The van der Waals surface area contributed by atoms with Crippen molar-refractivity contribution in [1.82, 2.24) is 0 Å². The van der Waals surface area contributed by atoms with E-state index in [1.807, 2.05) is 12.1 Å². The second-order valence-electron chi connectivity index (χ2n) is 4.19. The first-order valence-electron chi connectivity index (χ1n) is 5.16. The summed E-state index contributed by atoms with van der Waals surface area (Å²) in [6, 6.07) is 8.38. The molecule has 1 nitrogen and oxygen atoms in total. The molecular weight excluding hydrogens is 189 g/mol. The molecule has 0 aliphatic carbocycles. The fourth-order valence-corrected chi connectivity index (χ4v) is 4.72. The summed E-state index contributed by atoms with van der Waals surface area (Å²) in [6.45, 7) is 9.23. The highest BCUT2D eigenvalue weighted by atomic mass is 31.1. The Morgan fingerprint density at radius 1 is 0.929 bits per heavy atom. The van der Waals surface area contributed by atoms with Gasteiger partial charge in [-0.2, -0.15) is 0 Å². The fraction of sp³-hybridized carbons (Fsp3) is 0.500. The van der Waals surface area contributed by atoms with Gasteiger partial charge in [0.15, 0.2) is 0 Å². The molecule has 0 unspecified atom stereocenters. The first-order valence-corrected chi connectivity index (χ1v) is 6.64. The second-order valence-corrected chi connectivity index (χ2v) is 7.58. The van der Waals surface area contributed by atoms with E-state index in [1.54, 1.807) is 0 Å². The van der Waals surface area contributed by atoms with E-state index in [-0.39, 0.29) is 7.92 Å². The number of benzene rings is 1. The van der Waals surface area contributed by atoms with Gasteiger partial charge in [-0.1, -0.05) is 47.7 Å². The summed E-state index contributed by atoms with van der Waals surface area (Å²) < 4.78 is 0. The van der Waals surface area contributed by atoms with Crippen molar-refractivity contribution in [3.8, 4) is 0 Å². The third-order valence-corrected chi connectivity index (χ3v) is 5.42. The highest BCUT2D eigenvalue weighted by Crippen LogP contribution is 2.44. The van der Waals surface area contributed by atoms with Gasteiger partial charge in [0, 0.05) is 5.69 Å². The topological polar surface area (TPSA) is 26.0 Å². The van der Waals surface area contributed by atoms with Crippen LogP contribution in [0.2, 0.25) is 0 Å². The van der Waals surface area contributed by atoms with Crippen molar-refractivity contribution < 1.29 is 0 Å². The minimum atomic E-state index is -0.0417. The zero-order chi connectivity index (χ0) is 10.7. The molecule has 0 bridgehead atoms. The molecule has 1 aromatic carbocycles. The van der Waals surface area contributed by atoms with Crippen LogP contribution in [0.15, 0.2) is 24.3 Å². The van der Waals surface area contributed by atoms with E-state index in [1.165, 1.54) is 5.30 Å². The van der Waals surface area contributed by atoms with Crippen LogP contribution < -0.4 is 11.0 Å². The third kappa shape index (κ3) is 2.72. The summed E-state index contributed by atoms with van der Waals surface area (Å²) in [4.78, 5) is 0. The van der Waals surface area contributed by atoms with Crippen LogP contribution >= 0.6 is 7.92 Å². The van der Waals surface area contributed by atoms with E-state index in [9.17, 15) is 0 Å². The average molecular weight is 209 g/mol. The normalized spacial score (nSPS) is 11.6. The number of hydrogen-bond acceptors (Lipinski definition) is 1. The molecule has 14 heavy (non-hydrogen) atoms. The number of anilines is 1. The molecule has 1 aromatic rings. The standard InChI is InChI=1S/C12H20NP/c1-9(2)14(10(3)4)12-7-5-11(13)6-8-12/h5-10H,13H2,1-4H3. The summed E-state index contributed by atoms with van der Waals surface area (Å²) in [5.41, 5.74) is 8.03. The van der Waals surface area contributed by atoms with Gasteiger partial charge < -0.3 is 5.73 Å². The molecule has 0 aromatic heterocycles. The molecule has 0 aliphatic rings. The van der Waals surface area contributed by atoms with Crippen molar-refractivity contribution >= 4 is 18.9 Å². The van der Waals surface area contributed by atoms with Crippen molar-refractivity contribution in [2.45, 2.75) is 39.0 Å². The van der Waals surface area contributed by atoms with Gasteiger partial charge >= 0.3 is 0 Å². The predicted octanol–water partition coefficient (Wildman–Crippen LogP) is 3.19. The van der Waals surface area contributed by atoms with E-state index in [2.05, 4.69) is 39.8 Å². The number of hydrogen-bond donors (Lipinski definition) is 1. The first-order chi connectivity index (χ1) is 6.52. The molecule has 0 saturated carbocycles. The summed E-state index contributed by atoms with van der Waals surface area (Å²) >= 11 is 0. The summed E-state index contributed by atoms with van der Waals surface area (Å²) in [6.07, 6.45) is 0. The zero-order valence-electron chi connectivity index (χ0n) is 9.49. The van der Waals surface area contributed by atoms with E-state index >= 15 is 0 Å². The Morgan fingerprint density at radius 3 is 1.71 bits per heavy atom. The van der Waals surface area contributed by atoms with Crippen molar-refractivity contribution in [2.75, 3.05) is 5.73 Å². The largest absolute Gasteiger partial charge is 0.399 e. The van der Waals surface area contributed by atoms with Gasteiger partial charge in [0.05, 0.1) is 0 Å². The fourth-order valence-electron chi connectivity index (χ4n) is 1.84. The van der Waals surface area contributed by atoms with Crippen LogP contribution in [0.3, 0.4) is 0 Å².